The highest BCUT2D eigenvalue weighted by molar-refractivity contribution is 5.97. The first-order valence-corrected chi connectivity index (χ1v) is 28.4. The maximum atomic E-state index is 11.7. The molecular weight excluding hydrogens is 1050 g/mol. The summed E-state index contributed by atoms with van der Waals surface area (Å²) < 4.78 is 61.0. The van der Waals surface area contributed by atoms with Crippen molar-refractivity contribution in [3.05, 3.63) is 76.9 Å². The van der Waals surface area contributed by atoms with E-state index < -0.39 is 0 Å². The van der Waals surface area contributed by atoms with Crippen LogP contribution in [0.1, 0.15) is 171 Å². The van der Waals surface area contributed by atoms with E-state index >= 15 is 0 Å². The first-order valence-electron chi connectivity index (χ1n) is 28.4. The van der Waals surface area contributed by atoms with Crippen molar-refractivity contribution in [3.8, 4) is 63.2 Å². The van der Waals surface area contributed by atoms with Gasteiger partial charge in [0.25, 0.3) is 0 Å². The van der Waals surface area contributed by atoms with Gasteiger partial charge in [-0.2, -0.15) is 0 Å². The van der Waals surface area contributed by atoms with Crippen LogP contribution in [0.15, 0.2) is 54.6 Å². The Balaban J connectivity index is 0.00000102. The lowest BCUT2D eigenvalue weighted by molar-refractivity contribution is -0.119. The molecule has 0 fully saturated rings. The molecule has 460 valence electrons. The minimum absolute atomic E-state index is 0.0116. The molecule has 0 aromatic heterocycles. The summed E-state index contributed by atoms with van der Waals surface area (Å²) in [5.74, 6) is 6.36. The van der Waals surface area contributed by atoms with Gasteiger partial charge in [-0.15, -0.1) is 0 Å². The van der Waals surface area contributed by atoms with Crippen LogP contribution in [0.5, 0.6) is 63.2 Å². The highest BCUT2D eigenvalue weighted by atomic mass is 16.6. The third-order valence-corrected chi connectivity index (χ3v) is 10.7. The number of rotatable bonds is 34. The molecule has 0 aliphatic rings. The number of likely N-dealkylation sites (N-methyl/N-ethyl adjacent to an activating group) is 1. The van der Waals surface area contributed by atoms with Gasteiger partial charge in [0.2, 0.25) is 17.2 Å². The predicted octanol–water partition coefficient (Wildman–Crippen LogP) is 12.0. The number of carbonyl (C=O) groups is 5. The molecule has 0 aliphatic carbocycles. The second kappa shape index (κ2) is 44.6. The Bertz CT molecular complexity index is 2390. The zero-order chi connectivity index (χ0) is 62.0. The SMILES string of the molecule is CCCOc1cc(C(C)=O)cc(OCCC)c1OCNC.CCC[C@H](NC)C(C)=O.CCOc1cc(C(C)=O)cc(OCC)c1OCC.CCOc1cc(C(C)=O)cc(OCC)c1OCNC.CCOc1cc(OCC)cc(C(C)=O)c1. The van der Waals surface area contributed by atoms with Crippen LogP contribution in [0.3, 0.4) is 0 Å². The van der Waals surface area contributed by atoms with E-state index in [1.807, 2.05) is 69.4 Å². The lowest BCUT2D eigenvalue weighted by Gasteiger charge is -2.17. The van der Waals surface area contributed by atoms with E-state index in [2.05, 4.69) is 22.9 Å². The van der Waals surface area contributed by atoms with Crippen molar-refractivity contribution in [3.63, 3.8) is 0 Å². The zero-order valence-electron chi connectivity index (χ0n) is 52.4. The number of carbonyl (C=O) groups excluding carboxylic acids is 5. The van der Waals surface area contributed by atoms with Gasteiger partial charge in [-0.1, -0.05) is 27.2 Å². The fraction of sp³-hybridized carbons (Fsp3) is 0.540. The fourth-order valence-electron chi connectivity index (χ4n) is 7.00. The molecule has 0 amide bonds. The minimum Gasteiger partial charge on any atom is -0.494 e. The summed E-state index contributed by atoms with van der Waals surface area (Å²) in [5.41, 5.74) is 2.28. The monoisotopic (exact) mass is 1150 g/mol. The first kappa shape index (κ1) is 74.9. The molecule has 82 heavy (non-hydrogen) atoms. The van der Waals surface area contributed by atoms with Crippen molar-refractivity contribution in [2.75, 3.05) is 94.1 Å². The standard InChI is InChI=1S/C16H25NO4.C14H21NO4.C14H20O4.C12H16O3.C7H15NO/c1-5-7-19-14-9-13(12(3)18)10-15(20-8-6-2)16(14)21-11-17-4;1-5-17-12-7-11(10(3)16)8-13(18-6-2)14(12)19-9-15-4;1-5-16-12-8-11(10(4)15)9-13(17-6-2)14(12)18-7-3;1-4-14-11-6-10(9(3)13)7-12(8-11)15-5-2;1-4-5-7(8-3)6(2)9/h9-10,17H,5-8,11H2,1-4H3;7-8,15H,5-6,9H2,1-4H3;8-9H,5-7H2,1-4H3;6-8H,4-5H2,1-3H3;7-8H,4-5H2,1-3H3/t;;;;7-/m....0/s1. The van der Waals surface area contributed by atoms with E-state index in [1.165, 1.54) is 27.7 Å². The molecule has 0 heterocycles. The second-order valence-corrected chi connectivity index (χ2v) is 17.6. The van der Waals surface area contributed by atoms with Crippen molar-refractivity contribution in [2.24, 2.45) is 0 Å². The average molecular weight is 1150 g/mol. The molecule has 0 bridgehead atoms. The molecule has 0 saturated carbocycles. The number of ether oxygens (including phenoxy) is 11. The molecule has 4 aromatic rings. The van der Waals surface area contributed by atoms with Gasteiger partial charge in [-0.05, 0) is 172 Å². The van der Waals surface area contributed by atoms with Gasteiger partial charge >= 0.3 is 0 Å². The second-order valence-electron chi connectivity index (χ2n) is 17.6. The molecule has 19 heteroatoms. The molecule has 19 nitrogen and oxygen atoms in total. The summed E-state index contributed by atoms with van der Waals surface area (Å²) in [6, 6.07) is 15.5. The van der Waals surface area contributed by atoms with Crippen molar-refractivity contribution in [2.45, 2.75) is 136 Å². The third kappa shape index (κ3) is 28.6. The maximum Gasteiger partial charge on any atom is 0.205 e. The Morgan fingerprint density at radius 1 is 0.354 bits per heavy atom. The van der Waals surface area contributed by atoms with Crippen molar-refractivity contribution in [1.29, 1.82) is 0 Å². The molecule has 0 aliphatic heterocycles. The Hall–Kier alpha value is -7.09. The Morgan fingerprint density at radius 3 is 0.854 bits per heavy atom. The molecule has 0 unspecified atom stereocenters. The summed E-state index contributed by atoms with van der Waals surface area (Å²) in [6.07, 6.45) is 3.76. The summed E-state index contributed by atoms with van der Waals surface area (Å²) in [5, 5.41) is 8.76. The average Bonchev–Trinajstić information content (AvgIpc) is 3.51. The van der Waals surface area contributed by atoms with E-state index in [4.69, 9.17) is 52.1 Å². The largest absolute Gasteiger partial charge is 0.494 e. The fourth-order valence-corrected chi connectivity index (χ4v) is 7.00. The van der Waals surface area contributed by atoms with Gasteiger partial charge in [0.05, 0.1) is 65.5 Å². The highest BCUT2D eigenvalue weighted by Crippen LogP contribution is 2.41. The van der Waals surface area contributed by atoms with Crippen LogP contribution in [-0.4, -0.2) is 129 Å². The quantitative estimate of drug-likeness (QED) is 0.0292. The van der Waals surface area contributed by atoms with Crippen LogP contribution < -0.4 is 68.1 Å². The molecular formula is C63H97N3O16. The van der Waals surface area contributed by atoms with Gasteiger partial charge in [0.1, 0.15) is 30.7 Å². The first-order chi connectivity index (χ1) is 39.3. The van der Waals surface area contributed by atoms with E-state index in [0.717, 1.165) is 25.7 Å². The van der Waals surface area contributed by atoms with Gasteiger partial charge in [0, 0.05) is 28.3 Å². The lowest BCUT2D eigenvalue weighted by atomic mass is 10.1. The van der Waals surface area contributed by atoms with Crippen molar-refractivity contribution >= 4 is 28.9 Å². The number of hydrogen-bond acceptors (Lipinski definition) is 19. The van der Waals surface area contributed by atoms with Crippen LogP contribution in [-0.2, 0) is 4.79 Å². The third-order valence-electron chi connectivity index (χ3n) is 10.7. The molecule has 4 aromatic carbocycles. The zero-order valence-corrected chi connectivity index (χ0v) is 52.4. The number of benzene rings is 4. The molecule has 1 atom stereocenters. The summed E-state index contributed by atoms with van der Waals surface area (Å²) in [6.45, 7) is 32.5. The number of ketones is 5. The van der Waals surface area contributed by atoms with Crippen molar-refractivity contribution < 1.29 is 76.1 Å². The van der Waals surface area contributed by atoms with Crippen LogP contribution in [0, 0.1) is 0 Å². The normalized spacial score (nSPS) is 10.4. The van der Waals surface area contributed by atoms with Gasteiger partial charge in [-0.25, -0.2) is 0 Å². The van der Waals surface area contributed by atoms with Crippen LogP contribution >= 0.6 is 0 Å². The smallest absolute Gasteiger partial charge is 0.205 e. The summed E-state index contributed by atoms with van der Waals surface area (Å²) in [4.78, 5) is 56.6. The Kier molecular flexibility index (Phi) is 40.7. The van der Waals surface area contributed by atoms with E-state index in [1.54, 1.807) is 75.6 Å². The van der Waals surface area contributed by atoms with Gasteiger partial charge < -0.3 is 57.4 Å². The summed E-state index contributed by atoms with van der Waals surface area (Å²) >= 11 is 0. The molecule has 0 radical (unpaired) electrons. The Labute approximate surface area is 489 Å². The molecule has 0 spiro atoms. The van der Waals surface area contributed by atoms with E-state index in [9.17, 15) is 24.0 Å². The van der Waals surface area contributed by atoms with Crippen molar-refractivity contribution in [1.82, 2.24) is 16.0 Å². The van der Waals surface area contributed by atoms with Gasteiger partial charge in [-0.3, -0.25) is 34.6 Å². The Morgan fingerprint density at radius 2 is 0.634 bits per heavy atom. The van der Waals surface area contributed by atoms with E-state index in [0.29, 0.717) is 158 Å². The minimum atomic E-state index is -0.0397. The lowest BCUT2D eigenvalue weighted by Crippen LogP contribution is -2.31. The number of Topliss-reactive ketones (excluding diaryl/α,β-unsaturated/α-hetero) is 5. The molecule has 3 N–H and O–H groups in total. The van der Waals surface area contributed by atoms with Crippen LogP contribution in [0.2, 0.25) is 0 Å². The number of nitrogens with one attached hydrogen (secondary N) is 3. The van der Waals surface area contributed by atoms with E-state index in [-0.39, 0.29) is 35.0 Å². The maximum absolute atomic E-state index is 11.7. The topological polar surface area (TPSA) is 223 Å². The highest BCUT2D eigenvalue weighted by Gasteiger charge is 2.20. The van der Waals surface area contributed by atoms with Gasteiger partial charge in [0.15, 0.2) is 57.6 Å². The molecule has 4 rings (SSSR count). The van der Waals surface area contributed by atoms with Crippen LogP contribution in [0.25, 0.3) is 0 Å². The number of hydrogen-bond donors (Lipinski definition) is 3. The predicted molar refractivity (Wildman–Crippen MR) is 323 cm³/mol. The molecule has 0 saturated heterocycles. The van der Waals surface area contributed by atoms with Crippen LogP contribution in [0.4, 0.5) is 0 Å². The summed E-state index contributed by atoms with van der Waals surface area (Å²) in [7, 11) is 5.40.